The van der Waals surface area contributed by atoms with Gasteiger partial charge in [-0.1, -0.05) is 0 Å². The first-order valence-corrected chi connectivity index (χ1v) is 10.7. The zero-order valence-electron chi connectivity index (χ0n) is 13.4. The number of hydrogen-bond acceptors (Lipinski definition) is 4. The van der Waals surface area contributed by atoms with E-state index in [4.69, 9.17) is 0 Å². The molecular formula is C16H21FN2O3S2. The van der Waals surface area contributed by atoms with Crippen LogP contribution in [0.3, 0.4) is 0 Å². The second-order valence-electron chi connectivity index (χ2n) is 6.07. The summed E-state index contributed by atoms with van der Waals surface area (Å²) in [6.45, 7) is 2.24. The van der Waals surface area contributed by atoms with Crippen molar-refractivity contribution in [3.63, 3.8) is 0 Å². The van der Waals surface area contributed by atoms with Crippen molar-refractivity contribution < 1.29 is 17.6 Å². The van der Waals surface area contributed by atoms with Crippen molar-refractivity contribution in [2.45, 2.75) is 17.7 Å². The van der Waals surface area contributed by atoms with Gasteiger partial charge in [0.05, 0.1) is 4.90 Å². The highest BCUT2D eigenvalue weighted by molar-refractivity contribution is 7.99. The molecule has 0 saturated carbocycles. The van der Waals surface area contributed by atoms with Crippen molar-refractivity contribution in [2.75, 3.05) is 37.7 Å². The number of amides is 1. The number of carbonyl (C=O) groups excluding carboxylic acids is 1. The van der Waals surface area contributed by atoms with E-state index < -0.39 is 15.8 Å². The number of thioether (sulfide) groups is 1. The lowest BCUT2D eigenvalue weighted by Gasteiger charge is -2.35. The molecule has 0 bridgehead atoms. The molecule has 132 valence electrons. The fourth-order valence-corrected chi connectivity index (χ4v) is 5.51. The van der Waals surface area contributed by atoms with Crippen LogP contribution in [0.5, 0.6) is 0 Å². The molecule has 0 aromatic heterocycles. The molecule has 1 aromatic carbocycles. The van der Waals surface area contributed by atoms with Crippen LogP contribution in [0.2, 0.25) is 0 Å². The van der Waals surface area contributed by atoms with Crippen LogP contribution in [0.1, 0.15) is 12.8 Å². The molecule has 2 aliphatic rings. The minimum atomic E-state index is -3.61. The van der Waals surface area contributed by atoms with Crippen LogP contribution in [-0.4, -0.2) is 61.2 Å². The van der Waals surface area contributed by atoms with Crippen LogP contribution >= 0.6 is 11.8 Å². The standard InChI is InChI=1S/C16H21FN2O3S2/c17-14-1-3-15(4-2-14)24(21,22)19-7-5-13(6-8-19)16(20)18-9-11-23-12-10-18/h1-4,13H,5-12H2. The van der Waals surface area contributed by atoms with E-state index in [1.165, 1.54) is 16.4 Å². The van der Waals surface area contributed by atoms with Crippen molar-refractivity contribution in [1.29, 1.82) is 0 Å². The van der Waals surface area contributed by atoms with Crippen molar-refractivity contribution in [2.24, 2.45) is 5.92 Å². The highest BCUT2D eigenvalue weighted by atomic mass is 32.2. The van der Waals surface area contributed by atoms with Gasteiger partial charge in [0, 0.05) is 43.6 Å². The zero-order chi connectivity index (χ0) is 17.2. The number of nitrogens with zero attached hydrogens (tertiary/aromatic N) is 2. The molecule has 0 aliphatic carbocycles. The summed E-state index contributed by atoms with van der Waals surface area (Å²) in [5.41, 5.74) is 0. The molecule has 5 nitrogen and oxygen atoms in total. The average Bonchev–Trinajstić information content (AvgIpc) is 2.62. The molecule has 1 amide bonds. The van der Waals surface area contributed by atoms with E-state index in [1.54, 1.807) is 0 Å². The van der Waals surface area contributed by atoms with Crippen molar-refractivity contribution in [3.8, 4) is 0 Å². The Morgan fingerprint density at radius 3 is 2.21 bits per heavy atom. The molecule has 0 N–H and O–H groups in total. The summed E-state index contributed by atoms with van der Waals surface area (Å²) >= 11 is 1.86. The van der Waals surface area contributed by atoms with E-state index in [0.29, 0.717) is 25.9 Å². The Bertz CT molecular complexity index is 680. The molecule has 2 saturated heterocycles. The van der Waals surface area contributed by atoms with Crippen LogP contribution in [0.4, 0.5) is 4.39 Å². The largest absolute Gasteiger partial charge is 0.341 e. The van der Waals surface area contributed by atoms with Gasteiger partial charge in [-0.15, -0.1) is 0 Å². The maximum absolute atomic E-state index is 13.0. The van der Waals surface area contributed by atoms with Crippen molar-refractivity contribution in [1.82, 2.24) is 9.21 Å². The fraction of sp³-hybridized carbons (Fsp3) is 0.562. The Hall–Kier alpha value is -1.12. The Kier molecular flexibility index (Phi) is 5.46. The lowest BCUT2D eigenvalue weighted by atomic mass is 9.96. The van der Waals surface area contributed by atoms with Crippen LogP contribution in [-0.2, 0) is 14.8 Å². The Morgan fingerprint density at radius 2 is 1.62 bits per heavy atom. The fourth-order valence-electron chi connectivity index (χ4n) is 3.14. The number of piperidine rings is 1. The van der Waals surface area contributed by atoms with Crippen molar-refractivity contribution >= 4 is 27.7 Å². The van der Waals surface area contributed by atoms with Gasteiger partial charge in [-0.05, 0) is 37.1 Å². The van der Waals surface area contributed by atoms with Gasteiger partial charge in [0.1, 0.15) is 5.82 Å². The van der Waals surface area contributed by atoms with E-state index in [-0.39, 0.29) is 16.7 Å². The molecule has 2 fully saturated rings. The van der Waals surface area contributed by atoms with E-state index in [9.17, 15) is 17.6 Å². The lowest BCUT2D eigenvalue weighted by Crippen LogP contribution is -2.46. The van der Waals surface area contributed by atoms with Gasteiger partial charge in [-0.25, -0.2) is 12.8 Å². The Balaban J connectivity index is 1.62. The Labute approximate surface area is 146 Å². The third-order valence-corrected chi connectivity index (χ3v) is 7.43. The summed E-state index contributed by atoms with van der Waals surface area (Å²) in [7, 11) is -3.61. The number of hydrogen-bond donors (Lipinski definition) is 0. The maximum atomic E-state index is 13.0. The summed E-state index contributed by atoms with van der Waals surface area (Å²) in [6.07, 6.45) is 1.09. The second-order valence-corrected chi connectivity index (χ2v) is 9.23. The van der Waals surface area contributed by atoms with E-state index in [2.05, 4.69) is 0 Å². The molecular weight excluding hydrogens is 351 g/mol. The minimum Gasteiger partial charge on any atom is -0.341 e. The second kappa shape index (κ2) is 7.41. The number of sulfonamides is 1. The summed E-state index contributed by atoms with van der Waals surface area (Å²) < 4.78 is 39.5. The smallest absolute Gasteiger partial charge is 0.243 e. The highest BCUT2D eigenvalue weighted by Crippen LogP contribution is 2.26. The third kappa shape index (κ3) is 3.75. The third-order valence-electron chi connectivity index (χ3n) is 4.58. The predicted molar refractivity (Wildman–Crippen MR) is 91.8 cm³/mol. The molecule has 24 heavy (non-hydrogen) atoms. The molecule has 3 rings (SSSR count). The van der Waals surface area contributed by atoms with Crippen LogP contribution < -0.4 is 0 Å². The van der Waals surface area contributed by atoms with Gasteiger partial charge >= 0.3 is 0 Å². The van der Waals surface area contributed by atoms with Crippen molar-refractivity contribution in [3.05, 3.63) is 30.1 Å². The van der Waals surface area contributed by atoms with Gasteiger partial charge in [0.2, 0.25) is 15.9 Å². The number of carbonyl (C=O) groups is 1. The molecule has 8 heteroatoms. The Morgan fingerprint density at radius 1 is 1.04 bits per heavy atom. The lowest BCUT2D eigenvalue weighted by molar-refractivity contribution is -0.136. The quantitative estimate of drug-likeness (QED) is 0.812. The highest BCUT2D eigenvalue weighted by Gasteiger charge is 2.34. The number of rotatable bonds is 3. The normalized spacial score (nSPS) is 21.0. The molecule has 2 aliphatic heterocycles. The van der Waals surface area contributed by atoms with E-state index in [1.807, 2.05) is 16.7 Å². The number of benzene rings is 1. The van der Waals surface area contributed by atoms with Gasteiger partial charge in [-0.2, -0.15) is 16.1 Å². The predicted octanol–water partition coefficient (Wildman–Crippen LogP) is 1.80. The summed E-state index contributed by atoms with van der Waals surface area (Å²) in [4.78, 5) is 14.5. The summed E-state index contributed by atoms with van der Waals surface area (Å²) in [6, 6.07) is 4.87. The van der Waals surface area contributed by atoms with Gasteiger partial charge < -0.3 is 4.90 Å². The topological polar surface area (TPSA) is 57.7 Å². The molecule has 0 spiro atoms. The first-order valence-electron chi connectivity index (χ1n) is 8.11. The number of halogens is 1. The first-order chi connectivity index (χ1) is 11.5. The molecule has 0 unspecified atom stereocenters. The average molecular weight is 372 g/mol. The van der Waals surface area contributed by atoms with Crippen LogP contribution in [0.25, 0.3) is 0 Å². The van der Waals surface area contributed by atoms with E-state index >= 15 is 0 Å². The SMILES string of the molecule is O=C(C1CCN(S(=O)(=O)c2ccc(F)cc2)CC1)N1CCSCC1. The minimum absolute atomic E-state index is 0.0900. The van der Waals surface area contributed by atoms with E-state index in [0.717, 1.165) is 36.7 Å². The summed E-state index contributed by atoms with van der Waals surface area (Å²) in [5, 5.41) is 0. The zero-order valence-corrected chi connectivity index (χ0v) is 15.0. The molecule has 1 aromatic rings. The van der Waals surface area contributed by atoms with Gasteiger partial charge in [-0.3, -0.25) is 4.79 Å². The maximum Gasteiger partial charge on any atom is 0.243 e. The van der Waals surface area contributed by atoms with Crippen LogP contribution in [0, 0.1) is 11.7 Å². The molecule has 0 atom stereocenters. The molecule has 0 radical (unpaired) electrons. The van der Waals surface area contributed by atoms with Crippen LogP contribution in [0.15, 0.2) is 29.2 Å². The molecule has 2 heterocycles. The van der Waals surface area contributed by atoms with Gasteiger partial charge in [0.25, 0.3) is 0 Å². The monoisotopic (exact) mass is 372 g/mol. The first kappa shape index (κ1) is 17.7. The van der Waals surface area contributed by atoms with Gasteiger partial charge in [0.15, 0.2) is 0 Å². The summed E-state index contributed by atoms with van der Waals surface area (Å²) in [5.74, 6) is 1.56.